The standard InChI is InChI=1S/C27H20ClFN6O4S/c1-13-7-16(23-17(8-13)34-20(37-2)12-31-23)26-35-24-19(40-26)10-18(22(29)21(24)28)38-5-6-39-27(36)33-15-9-14-3-4-30-25(14)32-11-15/h3-4,7-12H,5-6H2,1-2H3,(H,30,32)(H,33,36). The Hall–Kier alpha value is -4.55. The average Bonchev–Trinajstić information content (AvgIpc) is 3.59. The largest absolute Gasteiger partial charge is 0.487 e. The van der Waals surface area contributed by atoms with Gasteiger partial charge < -0.3 is 19.2 Å². The number of fused-ring (bicyclic) bond motifs is 3. The summed E-state index contributed by atoms with van der Waals surface area (Å²) in [5.74, 6) is -0.422. The Labute approximate surface area is 235 Å². The number of aromatic nitrogens is 5. The number of pyridine rings is 1. The topological polar surface area (TPSA) is 124 Å². The molecule has 0 unspecified atom stereocenters. The van der Waals surface area contributed by atoms with Gasteiger partial charge in [-0.2, -0.15) is 0 Å². The highest BCUT2D eigenvalue weighted by Crippen LogP contribution is 2.40. The molecule has 10 nitrogen and oxygen atoms in total. The molecule has 202 valence electrons. The zero-order valence-corrected chi connectivity index (χ0v) is 22.7. The van der Waals surface area contributed by atoms with Gasteiger partial charge in [0.2, 0.25) is 5.88 Å². The van der Waals surface area contributed by atoms with Crippen LogP contribution in [0.15, 0.2) is 48.9 Å². The van der Waals surface area contributed by atoms with E-state index in [1.807, 2.05) is 25.1 Å². The van der Waals surface area contributed by atoms with Crippen LogP contribution in [0.25, 0.3) is 42.9 Å². The van der Waals surface area contributed by atoms with E-state index < -0.39 is 11.9 Å². The molecular weight excluding hydrogens is 559 g/mol. The van der Waals surface area contributed by atoms with E-state index in [1.165, 1.54) is 36.9 Å². The fourth-order valence-electron chi connectivity index (χ4n) is 4.16. The second-order valence-corrected chi connectivity index (χ2v) is 10.1. The van der Waals surface area contributed by atoms with Crippen molar-refractivity contribution in [3.63, 3.8) is 0 Å². The number of H-pyrrole nitrogens is 1. The third-order valence-corrected chi connectivity index (χ3v) is 7.34. The van der Waals surface area contributed by atoms with Gasteiger partial charge in [0, 0.05) is 23.2 Å². The molecule has 0 atom stereocenters. The Bertz CT molecular complexity index is 1910. The van der Waals surface area contributed by atoms with Crippen molar-refractivity contribution < 1.29 is 23.4 Å². The van der Waals surface area contributed by atoms with Gasteiger partial charge in [-0.25, -0.2) is 29.1 Å². The molecule has 13 heteroatoms. The monoisotopic (exact) mass is 578 g/mol. The van der Waals surface area contributed by atoms with Gasteiger partial charge in [-0.1, -0.05) is 11.6 Å². The molecule has 0 spiro atoms. The van der Waals surface area contributed by atoms with Gasteiger partial charge in [0.05, 0.1) is 40.9 Å². The first-order chi connectivity index (χ1) is 19.4. The molecule has 4 heterocycles. The van der Waals surface area contributed by atoms with Crippen LogP contribution in [-0.4, -0.2) is 51.3 Å². The molecule has 0 bridgehead atoms. The first-order valence-corrected chi connectivity index (χ1v) is 13.2. The molecule has 0 radical (unpaired) electrons. The Morgan fingerprint density at radius 1 is 1.12 bits per heavy atom. The highest BCUT2D eigenvalue weighted by Gasteiger charge is 2.20. The summed E-state index contributed by atoms with van der Waals surface area (Å²) in [6.45, 7) is 1.73. The number of amides is 1. The average molecular weight is 579 g/mol. The number of methoxy groups -OCH3 is 1. The van der Waals surface area contributed by atoms with E-state index in [0.29, 0.717) is 43.5 Å². The van der Waals surface area contributed by atoms with Gasteiger partial charge in [-0.05, 0) is 36.8 Å². The van der Waals surface area contributed by atoms with Crippen LogP contribution in [-0.2, 0) is 4.74 Å². The van der Waals surface area contributed by atoms with E-state index >= 15 is 4.39 Å². The molecule has 6 rings (SSSR count). The van der Waals surface area contributed by atoms with Crippen LogP contribution >= 0.6 is 22.9 Å². The number of nitrogens with one attached hydrogen (secondary N) is 2. The van der Waals surface area contributed by atoms with Gasteiger partial charge in [-0.15, -0.1) is 11.3 Å². The van der Waals surface area contributed by atoms with E-state index in [9.17, 15) is 4.79 Å². The molecule has 2 aromatic carbocycles. The number of hydrogen-bond donors (Lipinski definition) is 2. The minimum atomic E-state index is -0.750. The van der Waals surface area contributed by atoms with Crippen LogP contribution in [0, 0.1) is 12.7 Å². The first kappa shape index (κ1) is 25.7. The molecule has 40 heavy (non-hydrogen) atoms. The quantitative estimate of drug-likeness (QED) is 0.205. The fraction of sp³-hybridized carbons (Fsp3) is 0.148. The second kappa shape index (κ2) is 10.5. The number of halogens is 2. The Morgan fingerprint density at radius 3 is 2.85 bits per heavy atom. The summed E-state index contributed by atoms with van der Waals surface area (Å²) >= 11 is 7.67. The van der Waals surface area contributed by atoms with Crippen molar-refractivity contribution in [3.8, 4) is 22.2 Å². The summed E-state index contributed by atoms with van der Waals surface area (Å²) in [6, 6.07) is 8.97. The summed E-state index contributed by atoms with van der Waals surface area (Å²) < 4.78 is 31.6. The van der Waals surface area contributed by atoms with Crippen molar-refractivity contribution in [2.45, 2.75) is 6.92 Å². The molecule has 0 aliphatic carbocycles. The lowest BCUT2D eigenvalue weighted by atomic mass is 10.1. The van der Waals surface area contributed by atoms with Gasteiger partial charge in [0.25, 0.3) is 0 Å². The minimum Gasteiger partial charge on any atom is -0.487 e. The number of aryl methyl sites for hydroxylation is 1. The summed E-state index contributed by atoms with van der Waals surface area (Å²) in [4.78, 5) is 32.9. The summed E-state index contributed by atoms with van der Waals surface area (Å²) in [7, 11) is 1.53. The Kier molecular flexibility index (Phi) is 6.78. The number of ether oxygens (including phenoxy) is 3. The second-order valence-electron chi connectivity index (χ2n) is 8.71. The van der Waals surface area contributed by atoms with Crippen molar-refractivity contribution in [2.75, 3.05) is 25.6 Å². The van der Waals surface area contributed by atoms with Crippen LogP contribution in [0.5, 0.6) is 11.6 Å². The Balaban J connectivity index is 1.17. The number of aromatic amines is 1. The highest BCUT2D eigenvalue weighted by atomic mass is 35.5. The van der Waals surface area contributed by atoms with Gasteiger partial charge in [0.1, 0.15) is 34.4 Å². The van der Waals surface area contributed by atoms with Crippen LogP contribution in [0.3, 0.4) is 0 Å². The summed E-state index contributed by atoms with van der Waals surface area (Å²) in [5, 5.41) is 3.89. The van der Waals surface area contributed by atoms with E-state index in [-0.39, 0.29) is 24.0 Å². The molecule has 0 saturated carbocycles. The molecule has 2 N–H and O–H groups in total. The van der Waals surface area contributed by atoms with Crippen LogP contribution in [0.2, 0.25) is 5.02 Å². The number of hydrogen-bond acceptors (Lipinski definition) is 9. The van der Waals surface area contributed by atoms with Crippen molar-refractivity contribution >= 4 is 67.0 Å². The van der Waals surface area contributed by atoms with E-state index in [0.717, 1.165) is 16.5 Å². The third-order valence-electron chi connectivity index (χ3n) is 5.96. The number of benzene rings is 2. The number of thiazole rings is 1. The predicted octanol–water partition coefficient (Wildman–Crippen LogP) is 6.52. The molecule has 0 aliphatic heterocycles. The van der Waals surface area contributed by atoms with Gasteiger partial charge in [-0.3, -0.25) is 5.32 Å². The van der Waals surface area contributed by atoms with Crippen molar-refractivity contribution in [1.29, 1.82) is 0 Å². The molecule has 0 aliphatic rings. The van der Waals surface area contributed by atoms with E-state index in [4.69, 9.17) is 25.8 Å². The van der Waals surface area contributed by atoms with E-state index in [1.54, 1.807) is 12.3 Å². The molecule has 0 saturated heterocycles. The number of nitrogens with zero attached hydrogens (tertiary/aromatic N) is 4. The maximum Gasteiger partial charge on any atom is 0.411 e. The zero-order valence-electron chi connectivity index (χ0n) is 21.1. The molecule has 1 amide bonds. The smallest absolute Gasteiger partial charge is 0.411 e. The SMILES string of the molecule is COc1cnc2c(-c3nc4c(Cl)c(F)c(OCCOC(=O)Nc5cnc6[nH]ccc6c5)cc4s3)cc(C)cc2n1. The van der Waals surface area contributed by atoms with Crippen molar-refractivity contribution in [2.24, 2.45) is 0 Å². The van der Waals surface area contributed by atoms with Gasteiger partial charge in [0.15, 0.2) is 11.6 Å². The number of carbonyl (C=O) groups is 1. The Morgan fingerprint density at radius 2 is 2.00 bits per heavy atom. The lowest BCUT2D eigenvalue weighted by molar-refractivity contribution is 0.136. The predicted molar refractivity (Wildman–Crippen MR) is 151 cm³/mol. The lowest BCUT2D eigenvalue weighted by Gasteiger charge is -2.10. The third kappa shape index (κ3) is 4.94. The van der Waals surface area contributed by atoms with Gasteiger partial charge >= 0.3 is 6.09 Å². The van der Waals surface area contributed by atoms with Crippen LogP contribution < -0.4 is 14.8 Å². The zero-order chi connectivity index (χ0) is 27.8. The molecule has 4 aromatic heterocycles. The maximum absolute atomic E-state index is 15.1. The summed E-state index contributed by atoms with van der Waals surface area (Å²) in [6.07, 6.45) is 4.11. The lowest BCUT2D eigenvalue weighted by Crippen LogP contribution is -2.18. The molecular formula is C27H20ClFN6O4S. The van der Waals surface area contributed by atoms with Crippen LogP contribution in [0.4, 0.5) is 14.9 Å². The van der Waals surface area contributed by atoms with Crippen molar-refractivity contribution in [1.82, 2.24) is 24.9 Å². The number of rotatable bonds is 7. The first-order valence-electron chi connectivity index (χ1n) is 12.0. The molecule has 0 fully saturated rings. The maximum atomic E-state index is 15.1. The van der Waals surface area contributed by atoms with E-state index in [2.05, 4.69) is 30.2 Å². The molecule has 6 aromatic rings. The summed E-state index contributed by atoms with van der Waals surface area (Å²) in [5.41, 5.74) is 4.49. The van der Waals surface area contributed by atoms with Crippen molar-refractivity contribution in [3.05, 3.63) is 65.3 Å². The highest BCUT2D eigenvalue weighted by molar-refractivity contribution is 7.21. The number of anilines is 1. The number of carbonyl (C=O) groups excluding carboxylic acids is 1. The normalized spacial score (nSPS) is 11.3. The fourth-order valence-corrected chi connectivity index (χ4v) is 5.47. The minimum absolute atomic E-state index is 0.0718. The van der Waals surface area contributed by atoms with Crippen LogP contribution in [0.1, 0.15) is 5.56 Å².